The van der Waals surface area contributed by atoms with Crippen LogP contribution in [0.1, 0.15) is 20.3 Å². The van der Waals surface area contributed by atoms with E-state index in [0.29, 0.717) is 16.6 Å². The van der Waals surface area contributed by atoms with Crippen LogP contribution in [0.25, 0.3) is 10.9 Å². The molecule has 0 aliphatic heterocycles. The molecule has 9 heteroatoms. The molecule has 29 heavy (non-hydrogen) atoms. The summed E-state index contributed by atoms with van der Waals surface area (Å²) >= 11 is 0. The highest BCUT2D eigenvalue weighted by molar-refractivity contribution is 5.91. The molecule has 1 aromatic heterocycles. The summed E-state index contributed by atoms with van der Waals surface area (Å²) in [4.78, 5) is 0. The number of aromatic nitrogens is 2. The highest BCUT2D eigenvalue weighted by Crippen LogP contribution is 2.58. The Hall–Kier alpha value is -2.39. The molecule has 2 aliphatic rings. The van der Waals surface area contributed by atoms with Crippen molar-refractivity contribution >= 4 is 16.6 Å². The average molecular weight is 411 g/mol. The number of fused-ring (bicyclic) bond motifs is 2. The first kappa shape index (κ1) is 19.9. The third-order valence-electron chi connectivity index (χ3n) is 5.95. The number of halogens is 4. The van der Waals surface area contributed by atoms with E-state index >= 15 is 0 Å². The smallest absolute Gasteiger partial charge is 0.379 e. The second-order valence-electron chi connectivity index (χ2n) is 8.49. The Morgan fingerprint density at radius 2 is 1.97 bits per heavy atom. The van der Waals surface area contributed by atoms with Crippen molar-refractivity contribution in [1.82, 2.24) is 10.2 Å². The fourth-order valence-corrected chi connectivity index (χ4v) is 4.87. The molecule has 4 unspecified atom stereocenters. The van der Waals surface area contributed by atoms with E-state index in [9.17, 15) is 27.8 Å². The number of H-pyrrole nitrogens is 1. The van der Waals surface area contributed by atoms with E-state index in [-0.39, 0.29) is 5.57 Å². The Balaban J connectivity index is 1.89. The zero-order valence-electron chi connectivity index (χ0n) is 15.8. The third-order valence-corrected chi connectivity index (χ3v) is 5.95. The molecule has 2 aliphatic carbocycles. The first-order valence-corrected chi connectivity index (χ1v) is 9.15. The van der Waals surface area contributed by atoms with Crippen LogP contribution in [-0.2, 0) is 0 Å². The number of rotatable bonds is 2. The molecular formula is C20H21F4N3O2. The summed E-state index contributed by atoms with van der Waals surface area (Å²) < 4.78 is 57.3. The van der Waals surface area contributed by atoms with Gasteiger partial charge in [0.25, 0.3) is 0 Å². The van der Waals surface area contributed by atoms with Crippen molar-refractivity contribution in [3.8, 4) is 0 Å². The summed E-state index contributed by atoms with van der Waals surface area (Å²) in [6.07, 6.45) is -0.886. The Bertz CT molecular complexity index is 1010. The van der Waals surface area contributed by atoms with Gasteiger partial charge in [-0.2, -0.15) is 18.3 Å². The van der Waals surface area contributed by atoms with Gasteiger partial charge < -0.3 is 15.5 Å². The third kappa shape index (κ3) is 2.95. The van der Waals surface area contributed by atoms with Crippen LogP contribution in [-0.4, -0.2) is 44.1 Å². The largest absolute Gasteiger partial charge is 0.419 e. The van der Waals surface area contributed by atoms with Gasteiger partial charge in [0.1, 0.15) is 0 Å². The highest BCUT2D eigenvalue weighted by atomic mass is 19.4. The van der Waals surface area contributed by atoms with Crippen LogP contribution in [0.15, 0.2) is 48.2 Å². The van der Waals surface area contributed by atoms with Gasteiger partial charge in [-0.15, -0.1) is 0 Å². The van der Waals surface area contributed by atoms with Gasteiger partial charge in [0.05, 0.1) is 23.7 Å². The van der Waals surface area contributed by atoms with E-state index in [0.717, 1.165) is 6.08 Å². The predicted octanol–water partition coefficient (Wildman–Crippen LogP) is 3.84. The van der Waals surface area contributed by atoms with Gasteiger partial charge in [-0.05, 0) is 35.6 Å². The van der Waals surface area contributed by atoms with Crippen molar-refractivity contribution in [2.45, 2.75) is 43.9 Å². The zero-order chi connectivity index (χ0) is 21.2. The standard InChI is InChI=1S/C20H21F4N3O2/c1-17(2)10-18(28,20(22,23)24)16(11-5-4-8-19(21,29)15(11)17)26-13-6-3-7-14-12(13)9-25-27-14/h3-9,15-16,26,28-29H,10H2,1-2H3,(H,25,27). The van der Waals surface area contributed by atoms with Gasteiger partial charge in [-0.25, -0.2) is 4.39 Å². The molecule has 2 aromatic rings. The van der Waals surface area contributed by atoms with Crippen LogP contribution in [0.2, 0.25) is 0 Å². The highest BCUT2D eigenvalue weighted by Gasteiger charge is 2.68. The molecular weight excluding hydrogens is 390 g/mol. The van der Waals surface area contributed by atoms with E-state index in [1.165, 1.54) is 32.2 Å². The van der Waals surface area contributed by atoms with Gasteiger partial charge in [0.15, 0.2) is 5.60 Å². The van der Waals surface area contributed by atoms with Crippen LogP contribution < -0.4 is 5.32 Å². The van der Waals surface area contributed by atoms with Gasteiger partial charge >= 0.3 is 6.18 Å². The Morgan fingerprint density at radius 1 is 1.24 bits per heavy atom. The second kappa shape index (κ2) is 6.06. The quantitative estimate of drug-likeness (QED) is 0.566. The maximum Gasteiger partial charge on any atom is 0.419 e. The van der Waals surface area contributed by atoms with Crippen molar-refractivity contribution in [1.29, 1.82) is 0 Å². The lowest BCUT2D eigenvalue weighted by atomic mass is 9.55. The van der Waals surface area contributed by atoms with E-state index in [1.807, 2.05) is 0 Å². The molecule has 1 aromatic carbocycles. The Labute approximate surface area is 164 Å². The maximum absolute atomic E-state index is 15.0. The van der Waals surface area contributed by atoms with Gasteiger partial charge in [0.2, 0.25) is 5.85 Å². The summed E-state index contributed by atoms with van der Waals surface area (Å²) in [5.74, 6) is -4.09. The number of hydrogen-bond acceptors (Lipinski definition) is 4. The number of benzene rings is 1. The van der Waals surface area contributed by atoms with Crippen LogP contribution in [0, 0.1) is 11.3 Å². The van der Waals surface area contributed by atoms with Crippen molar-refractivity contribution in [2.24, 2.45) is 11.3 Å². The van der Waals surface area contributed by atoms with Crippen molar-refractivity contribution in [3.63, 3.8) is 0 Å². The molecule has 0 bridgehead atoms. The number of hydrogen-bond donors (Lipinski definition) is 4. The number of alkyl halides is 4. The average Bonchev–Trinajstić information content (AvgIpc) is 3.05. The monoisotopic (exact) mass is 411 g/mol. The van der Waals surface area contributed by atoms with Crippen LogP contribution in [0.3, 0.4) is 0 Å². The molecule has 5 nitrogen and oxygen atoms in total. The normalized spacial score (nSPS) is 34.0. The van der Waals surface area contributed by atoms with E-state index in [2.05, 4.69) is 15.5 Å². The molecule has 0 radical (unpaired) electrons. The van der Waals surface area contributed by atoms with E-state index < -0.39 is 41.4 Å². The minimum atomic E-state index is -4.99. The molecule has 1 heterocycles. The Kier molecular flexibility index (Phi) is 4.16. The van der Waals surface area contributed by atoms with Gasteiger partial charge in [0, 0.05) is 11.1 Å². The molecule has 4 atom stereocenters. The van der Waals surface area contributed by atoms with Crippen molar-refractivity contribution < 1.29 is 27.8 Å². The van der Waals surface area contributed by atoms with Gasteiger partial charge in [-0.1, -0.05) is 32.1 Å². The van der Waals surface area contributed by atoms with Crippen molar-refractivity contribution in [3.05, 3.63) is 48.2 Å². The number of nitrogens with zero attached hydrogens (tertiary/aromatic N) is 1. The molecule has 156 valence electrons. The van der Waals surface area contributed by atoms with Gasteiger partial charge in [-0.3, -0.25) is 5.10 Å². The first-order valence-electron chi connectivity index (χ1n) is 9.15. The predicted molar refractivity (Wildman–Crippen MR) is 99.7 cm³/mol. The number of aliphatic hydroxyl groups is 2. The maximum atomic E-state index is 15.0. The van der Waals surface area contributed by atoms with Crippen LogP contribution >= 0.6 is 0 Å². The molecule has 4 rings (SSSR count). The summed E-state index contributed by atoms with van der Waals surface area (Å²) in [5.41, 5.74) is -3.69. The Morgan fingerprint density at radius 3 is 2.66 bits per heavy atom. The van der Waals surface area contributed by atoms with Crippen LogP contribution in [0.4, 0.5) is 23.2 Å². The number of nitrogens with one attached hydrogen (secondary N) is 2. The minimum absolute atomic E-state index is 0.0472. The molecule has 0 amide bonds. The van der Waals surface area contributed by atoms with E-state index in [4.69, 9.17) is 0 Å². The topological polar surface area (TPSA) is 81.2 Å². The second-order valence-corrected chi connectivity index (χ2v) is 8.49. The first-order chi connectivity index (χ1) is 13.4. The molecule has 0 spiro atoms. The number of allylic oxidation sites excluding steroid dienone is 2. The number of aromatic amines is 1. The molecule has 1 fully saturated rings. The van der Waals surface area contributed by atoms with E-state index in [1.54, 1.807) is 18.2 Å². The zero-order valence-corrected chi connectivity index (χ0v) is 15.8. The summed E-state index contributed by atoms with van der Waals surface area (Å²) in [5, 5.41) is 31.1. The minimum Gasteiger partial charge on any atom is -0.379 e. The number of anilines is 1. The lowest BCUT2D eigenvalue weighted by molar-refractivity contribution is -0.287. The fourth-order valence-electron chi connectivity index (χ4n) is 4.87. The van der Waals surface area contributed by atoms with Crippen LogP contribution in [0.5, 0.6) is 0 Å². The summed E-state index contributed by atoms with van der Waals surface area (Å²) in [7, 11) is 0. The lowest BCUT2D eigenvalue weighted by Gasteiger charge is -2.55. The summed E-state index contributed by atoms with van der Waals surface area (Å²) in [6.45, 7) is 2.83. The molecule has 1 saturated carbocycles. The summed E-state index contributed by atoms with van der Waals surface area (Å²) in [6, 6.07) is 3.19. The fraction of sp³-hybridized carbons (Fsp3) is 0.450. The lowest BCUT2D eigenvalue weighted by Crippen LogP contribution is -2.67. The SMILES string of the molecule is CC1(C)CC(O)(C(F)(F)F)C(Nc2cccc3[nH]ncc23)C2=CC=CC(O)(F)C21. The molecule has 0 saturated heterocycles. The van der Waals surface area contributed by atoms with Crippen molar-refractivity contribution in [2.75, 3.05) is 5.32 Å². The molecule has 4 N–H and O–H groups in total.